The van der Waals surface area contributed by atoms with Crippen molar-refractivity contribution in [3.8, 4) is 22.3 Å². The summed E-state index contributed by atoms with van der Waals surface area (Å²) in [6, 6.07) is 29.5. The molecular weight excluding hydrogens is 516 g/mol. The monoisotopic (exact) mass is 540 g/mol. The maximum atomic E-state index is 13.6. The van der Waals surface area contributed by atoms with E-state index in [1.54, 1.807) is 0 Å². The Hall–Kier alpha value is -2.53. The minimum absolute atomic E-state index is 0. The Bertz CT molecular complexity index is 1330. The van der Waals surface area contributed by atoms with E-state index in [-0.39, 0.29) is 30.9 Å². The SMILES string of the molecule is C[Si](CCC(F)(F)F)(c1cccc2c1Cc1ccccc1-2)c1cccc2c1Cc1ccccc1-2.[Cl-].[Cl-]. The van der Waals surface area contributed by atoms with E-state index in [2.05, 4.69) is 55.1 Å². The third kappa shape index (κ3) is 4.29. The Kier molecular flexibility index (Phi) is 7.17. The van der Waals surface area contributed by atoms with Crippen LogP contribution in [0.3, 0.4) is 0 Å². The molecule has 4 aromatic carbocycles. The maximum absolute atomic E-state index is 13.6. The molecule has 0 saturated heterocycles. The average Bonchev–Trinajstić information content (AvgIpc) is 3.40. The van der Waals surface area contributed by atoms with Crippen molar-refractivity contribution in [1.29, 1.82) is 0 Å². The van der Waals surface area contributed by atoms with E-state index in [0.717, 1.165) is 23.2 Å². The number of fused-ring (bicyclic) bond motifs is 6. The molecule has 0 radical (unpaired) electrons. The van der Waals surface area contributed by atoms with Crippen LogP contribution in [0.4, 0.5) is 13.2 Å². The molecule has 0 unspecified atom stereocenters. The largest absolute Gasteiger partial charge is 1.00 e. The van der Waals surface area contributed by atoms with Gasteiger partial charge in [0.1, 0.15) is 8.07 Å². The molecule has 0 saturated carbocycles. The van der Waals surface area contributed by atoms with Gasteiger partial charge < -0.3 is 24.8 Å². The fourth-order valence-corrected chi connectivity index (χ4v) is 10.5. The van der Waals surface area contributed by atoms with E-state index in [1.807, 2.05) is 36.4 Å². The second kappa shape index (κ2) is 9.73. The third-order valence-electron chi connectivity index (χ3n) is 7.80. The van der Waals surface area contributed by atoms with Gasteiger partial charge >= 0.3 is 6.18 Å². The van der Waals surface area contributed by atoms with E-state index in [4.69, 9.17) is 0 Å². The van der Waals surface area contributed by atoms with Crippen LogP contribution in [0.2, 0.25) is 12.6 Å². The number of hydrogen-bond acceptors (Lipinski definition) is 0. The number of hydrogen-bond donors (Lipinski definition) is 0. The lowest BCUT2D eigenvalue weighted by Gasteiger charge is -2.33. The zero-order valence-electron chi connectivity index (χ0n) is 19.8. The average molecular weight is 542 g/mol. The van der Waals surface area contributed by atoms with Gasteiger partial charge in [-0.15, -0.1) is 0 Å². The van der Waals surface area contributed by atoms with Gasteiger partial charge in [-0.05, 0) is 63.4 Å². The summed E-state index contributed by atoms with van der Waals surface area (Å²) >= 11 is 0. The summed E-state index contributed by atoms with van der Waals surface area (Å²) in [7, 11) is -2.72. The smallest absolute Gasteiger partial charge is 0.388 e. The molecule has 6 rings (SSSR count). The molecule has 0 aliphatic heterocycles. The second-order valence-corrected chi connectivity index (χ2v) is 14.0. The first-order chi connectivity index (χ1) is 16.4. The summed E-state index contributed by atoms with van der Waals surface area (Å²) in [5.74, 6) is 0. The molecule has 0 heterocycles. The van der Waals surface area contributed by atoms with Gasteiger partial charge in [0.25, 0.3) is 0 Å². The van der Waals surface area contributed by atoms with Crippen LogP contribution in [-0.4, -0.2) is 14.3 Å². The van der Waals surface area contributed by atoms with Gasteiger partial charge in [0.15, 0.2) is 0 Å². The number of halogens is 5. The molecule has 0 spiro atoms. The van der Waals surface area contributed by atoms with Crippen LogP contribution in [0, 0.1) is 0 Å². The van der Waals surface area contributed by atoms with E-state index in [9.17, 15) is 13.2 Å². The van der Waals surface area contributed by atoms with Crippen LogP contribution in [-0.2, 0) is 12.8 Å². The lowest BCUT2D eigenvalue weighted by molar-refractivity contribution is -0.130. The van der Waals surface area contributed by atoms with Crippen molar-refractivity contribution in [3.63, 3.8) is 0 Å². The molecule has 0 bridgehead atoms. The highest BCUT2D eigenvalue weighted by Crippen LogP contribution is 2.40. The Morgan fingerprint density at radius 2 is 1.03 bits per heavy atom. The zero-order valence-corrected chi connectivity index (χ0v) is 22.3. The summed E-state index contributed by atoms with van der Waals surface area (Å²) in [5, 5.41) is 2.32. The Morgan fingerprint density at radius 3 is 1.47 bits per heavy atom. The summed E-state index contributed by atoms with van der Waals surface area (Å²) in [5.41, 5.74) is 9.81. The molecule has 186 valence electrons. The van der Waals surface area contributed by atoms with Crippen molar-refractivity contribution < 1.29 is 38.0 Å². The predicted octanol–water partition coefficient (Wildman–Crippen LogP) is 0.982. The summed E-state index contributed by atoms with van der Waals surface area (Å²) in [4.78, 5) is 0. The first-order valence-corrected chi connectivity index (χ1v) is 14.5. The molecule has 4 aromatic rings. The highest BCUT2D eigenvalue weighted by Gasteiger charge is 2.42. The highest BCUT2D eigenvalue weighted by molar-refractivity contribution is 7.02. The van der Waals surface area contributed by atoms with Crippen LogP contribution in [0.15, 0.2) is 84.9 Å². The lowest BCUT2D eigenvalue weighted by atomic mass is 10.1. The van der Waals surface area contributed by atoms with E-state index >= 15 is 0 Å². The van der Waals surface area contributed by atoms with Crippen molar-refractivity contribution in [3.05, 3.63) is 107 Å². The zero-order chi connectivity index (χ0) is 23.5. The van der Waals surface area contributed by atoms with Crippen molar-refractivity contribution >= 4 is 18.4 Å². The Morgan fingerprint density at radius 1 is 0.611 bits per heavy atom. The second-order valence-electron chi connectivity index (χ2n) is 9.78. The van der Waals surface area contributed by atoms with Gasteiger partial charge in [0.05, 0.1) is 0 Å². The Labute approximate surface area is 223 Å². The fourth-order valence-electron chi connectivity index (χ4n) is 6.15. The van der Waals surface area contributed by atoms with Crippen LogP contribution >= 0.6 is 0 Å². The van der Waals surface area contributed by atoms with E-state index < -0.39 is 20.7 Å². The van der Waals surface area contributed by atoms with Gasteiger partial charge in [-0.25, -0.2) is 0 Å². The van der Waals surface area contributed by atoms with Gasteiger partial charge in [-0.1, -0.05) is 102 Å². The molecular formula is C30H25Cl2F3Si-2. The third-order valence-corrected chi connectivity index (χ3v) is 12.4. The molecule has 0 N–H and O–H groups in total. The Balaban J connectivity index is 0.00000152. The molecule has 2 aliphatic carbocycles. The normalized spacial score (nSPS) is 13.1. The van der Waals surface area contributed by atoms with Crippen molar-refractivity contribution in [2.75, 3.05) is 0 Å². The molecule has 0 amide bonds. The first kappa shape index (κ1) is 26.5. The van der Waals surface area contributed by atoms with Gasteiger partial charge in [0.2, 0.25) is 0 Å². The molecule has 2 aliphatic rings. The van der Waals surface area contributed by atoms with Gasteiger partial charge in [-0.2, -0.15) is 13.2 Å². The number of alkyl halides is 3. The van der Waals surface area contributed by atoms with Crippen molar-refractivity contribution in [2.45, 2.75) is 38.0 Å². The van der Waals surface area contributed by atoms with Crippen LogP contribution in [0.5, 0.6) is 0 Å². The fraction of sp³-hybridized carbons (Fsp3) is 0.200. The first-order valence-electron chi connectivity index (χ1n) is 11.8. The molecule has 0 aromatic heterocycles. The lowest BCUT2D eigenvalue weighted by Crippen LogP contribution is -3.00. The van der Waals surface area contributed by atoms with Crippen molar-refractivity contribution in [2.24, 2.45) is 0 Å². The standard InChI is InChI=1S/C30H25F3Si.2ClH/c1-34(17-16-30(31,32)33,28-14-6-12-24-22-10-4-2-8-20(22)18-26(24)28)29-15-7-13-25-23-11-5-3-9-21(23)19-27(25)29;;/h2-15H,16-19H2,1H3;2*1H/p-2. The van der Waals surface area contributed by atoms with Crippen LogP contribution < -0.4 is 35.2 Å². The number of benzene rings is 4. The van der Waals surface area contributed by atoms with Crippen LogP contribution in [0.25, 0.3) is 22.3 Å². The highest BCUT2D eigenvalue weighted by atomic mass is 35.5. The molecule has 0 nitrogen and oxygen atoms in total. The summed E-state index contributed by atoms with van der Waals surface area (Å²) in [6.45, 7) is 2.16. The van der Waals surface area contributed by atoms with Gasteiger partial charge in [0, 0.05) is 6.42 Å². The predicted molar refractivity (Wildman–Crippen MR) is 136 cm³/mol. The quantitative estimate of drug-likeness (QED) is 0.292. The van der Waals surface area contributed by atoms with E-state index in [1.165, 1.54) is 44.5 Å². The summed E-state index contributed by atoms with van der Waals surface area (Å²) < 4.78 is 40.9. The minimum Gasteiger partial charge on any atom is -1.00 e. The molecule has 0 fully saturated rings. The topological polar surface area (TPSA) is 0 Å². The molecule has 36 heavy (non-hydrogen) atoms. The minimum atomic E-state index is -4.17. The summed E-state index contributed by atoms with van der Waals surface area (Å²) in [6.07, 6.45) is -3.32. The maximum Gasteiger partial charge on any atom is 0.388 e. The molecule has 0 atom stereocenters. The van der Waals surface area contributed by atoms with Crippen molar-refractivity contribution in [1.82, 2.24) is 0 Å². The molecule has 6 heteroatoms. The van der Waals surface area contributed by atoms with Gasteiger partial charge in [-0.3, -0.25) is 0 Å². The van der Waals surface area contributed by atoms with E-state index in [0.29, 0.717) is 0 Å². The van der Waals surface area contributed by atoms with Crippen LogP contribution in [0.1, 0.15) is 28.7 Å². The number of rotatable bonds is 4.